The van der Waals surface area contributed by atoms with Crippen LogP contribution in [-0.2, 0) is 0 Å². The predicted octanol–water partition coefficient (Wildman–Crippen LogP) is 5.65. The summed E-state index contributed by atoms with van der Waals surface area (Å²) in [5.41, 5.74) is 4.35. The molecule has 1 aromatic rings. The number of rotatable bonds is 4. The Hall–Kier alpha value is -1.08. The fourth-order valence-electron chi connectivity index (χ4n) is 1.62. The van der Waals surface area contributed by atoms with E-state index in [2.05, 4.69) is 40.7 Å². The molecule has 1 aromatic carbocycles. The molecule has 0 amide bonds. The summed E-state index contributed by atoms with van der Waals surface area (Å²) in [6.07, 6.45) is 0.957. The highest BCUT2D eigenvalue weighted by molar-refractivity contribution is 6.44. The molecule has 0 bridgehead atoms. The van der Waals surface area contributed by atoms with Gasteiger partial charge in [0, 0.05) is 0 Å². The monoisotopic (exact) mass is 263 g/mol. The molecular weight excluding hydrogens is 242 g/mol. The Bertz CT molecular complexity index is 470. The van der Waals surface area contributed by atoms with Gasteiger partial charge in [0.15, 0.2) is 0 Å². The first-order valence-electron chi connectivity index (χ1n) is 6.47. The molecule has 0 atom stereocenters. The third-order valence-corrected chi connectivity index (χ3v) is 3.55. The number of hydrogen-bond donors (Lipinski definition) is 0. The highest BCUT2D eigenvalue weighted by Crippen LogP contribution is 2.24. The Morgan fingerprint density at radius 1 is 1.28 bits per heavy atom. The van der Waals surface area contributed by atoms with Crippen LogP contribution in [0.15, 0.2) is 39.9 Å². The molecular formula is C16H22ClN. The summed E-state index contributed by atoms with van der Waals surface area (Å²) in [5, 5.41) is 0.816. The molecule has 0 saturated carbocycles. The number of aliphatic imine (C=N–C) groups is 1. The van der Waals surface area contributed by atoms with Gasteiger partial charge in [0.1, 0.15) is 0 Å². The molecule has 1 nitrogen and oxygen atoms in total. The van der Waals surface area contributed by atoms with Gasteiger partial charge in [-0.15, -0.1) is 0 Å². The first-order chi connectivity index (χ1) is 8.47. The molecule has 0 N–H and O–H groups in total. The van der Waals surface area contributed by atoms with Gasteiger partial charge in [-0.2, -0.15) is 0 Å². The topological polar surface area (TPSA) is 12.4 Å². The van der Waals surface area contributed by atoms with Crippen LogP contribution in [0.2, 0.25) is 0 Å². The number of benzene rings is 1. The number of aryl methyl sites for hydroxylation is 1. The molecule has 0 aliphatic heterocycles. The predicted molar refractivity (Wildman–Crippen MR) is 82.0 cm³/mol. The summed E-state index contributed by atoms with van der Waals surface area (Å²) < 4.78 is 0. The van der Waals surface area contributed by atoms with E-state index in [1.807, 2.05) is 18.2 Å². The van der Waals surface area contributed by atoms with E-state index in [1.165, 1.54) is 11.1 Å². The lowest BCUT2D eigenvalue weighted by Gasteiger charge is -2.12. The van der Waals surface area contributed by atoms with Crippen molar-refractivity contribution in [2.24, 2.45) is 10.9 Å². The molecule has 0 unspecified atom stereocenters. The Morgan fingerprint density at radius 3 is 2.39 bits per heavy atom. The molecule has 1 rings (SSSR count). The van der Waals surface area contributed by atoms with Crippen LogP contribution in [0.25, 0.3) is 0 Å². The third kappa shape index (κ3) is 3.71. The molecule has 0 aliphatic rings. The standard InChI is InChI=1S/C16H22ClN/c1-6-12(4)15(17)16(11(2)3)18-14-10-8-7-9-13(14)5/h7-11H,6H2,1-5H3/b15-12-,18-16?. The third-order valence-electron chi connectivity index (χ3n) is 3.03. The molecule has 0 aromatic heterocycles. The van der Waals surface area contributed by atoms with Crippen molar-refractivity contribution in [3.05, 3.63) is 40.4 Å². The van der Waals surface area contributed by atoms with Crippen LogP contribution in [0.4, 0.5) is 5.69 Å². The van der Waals surface area contributed by atoms with Crippen molar-refractivity contribution in [3.8, 4) is 0 Å². The largest absolute Gasteiger partial charge is 0.251 e. The minimum absolute atomic E-state index is 0.318. The maximum absolute atomic E-state index is 6.44. The van der Waals surface area contributed by atoms with E-state index >= 15 is 0 Å². The second-order valence-electron chi connectivity index (χ2n) is 4.89. The summed E-state index contributed by atoms with van der Waals surface area (Å²) in [7, 11) is 0. The van der Waals surface area contributed by atoms with Crippen LogP contribution in [-0.4, -0.2) is 5.71 Å². The van der Waals surface area contributed by atoms with E-state index in [4.69, 9.17) is 16.6 Å². The molecule has 0 saturated heterocycles. The molecule has 0 heterocycles. The summed E-state index contributed by atoms with van der Waals surface area (Å²) in [6.45, 7) is 10.5. The van der Waals surface area contributed by atoms with Gasteiger partial charge < -0.3 is 0 Å². The smallest absolute Gasteiger partial charge is 0.0662 e. The fourth-order valence-corrected chi connectivity index (χ4v) is 2.02. The van der Waals surface area contributed by atoms with Crippen molar-refractivity contribution in [1.29, 1.82) is 0 Å². The van der Waals surface area contributed by atoms with Crippen molar-refractivity contribution >= 4 is 23.0 Å². The molecule has 0 spiro atoms. The van der Waals surface area contributed by atoms with Crippen molar-refractivity contribution in [1.82, 2.24) is 0 Å². The van der Waals surface area contributed by atoms with Gasteiger partial charge in [0.25, 0.3) is 0 Å². The van der Waals surface area contributed by atoms with E-state index in [0.29, 0.717) is 5.92 Å². The van der Waals surface area contributed by atoms with Gasteiger partial charge in [-0.25, -0.2) is 0 Å². The van der Waals surface area contributed by atoms with Crippen molar-refractivity contribution in [2.75, 3.05) is 0 Å². The SMILES string of the molecule is CC/C(C)=C(\Cl)C(=Nc1ccccc1C)C(C)C. The maximum atomic E-state index is 6.44. The van der Waals surface area contributed by atoms with Gasteiger partial charge in [-0.05, 0) is 37.8 Å². The molecule has 98 valence electrons. The first kappa shape index (κ1) is 15.0. The van der Waals surface area contributed by atoms with Crippen LogP contribution in [0.3, 0.4) is 0 Å². The lowest BCUT2D eigenvalue weighted by molar-refractivity contribution is 0.884. The van der Waals surface area contributed by atoms with Crippen molar-refractivity contribution in [2.45, 2.75) is 41.0 Å². The number of nitrogens with zero attached hydrogens (tertiary/aromatic N) is 1. The number of halogens is 1. The lowest BCUT2D eigenvalue weighted by Crippen LogP contribution is -2.09. The van der Waals surface area contributed by atoms with Gasteiger partial charge in [0.2, 0.25) is 0 Å². The Morgan fingerprint density at radius 2 is 1.89 bits per heavy atom. The van der Waals surface area contributed by atoms with Gasteiger partial charge in [0.05, 0.1) is 16.4 Å². The van der Waals surface area contributed by atoms with Crippen LogP contribution in [0, 0.1) is 12.8 Å². The zero-order valence-corrected chi connectivity index (χ0v) is 12.7. The van der Waals surface area contributed by atoms with Crippen molar-refractivity contribution in [3.63, 3.8) is 0 Å². The van der Waals surface area contributed by atoms with Crippen LogP contribution in [0.5, 0.6) is 0 Å². The quantitative estimate of drug-likeness (QED) is 0.623. The Kier molecular flexibility index (Phi) is 5.61. The normalized spacial score (nSPS) is 13.8. The van der Waals surface area contributed by atoms with E-state index in [1.54, 1.807) is 0 Å². The maximum Gasteiger partial charge on any atom is 0.0662 e. The first-order valence-corrected chi connectivity index (χ1v) is 6.85. The average molecular weight is 264 g/mol. The zero-order chi connectivity index (χ0) is 13.7. The van der Waals surface area contributed by atoms with Crippen LogP contribution < -0.4 is 0 Å². The minimum atomic E-state index is 0.318. The molecule has 18 heavy (non-hydrogen) atoms. The van der Waals surface area contributed by atoms with Gasteiger partial charge in [-0.3, -0.25) is 4.99 Å². The second kappa shape index (κ2) is 6.75. The summed E-state index contributed by atoms with van der Waals surface area (Å²) in [6, 6.07) is 8.14. The number of para-hydroxylation sites is 1. The number of allylic oxidation sites excluding steroid dienone is 2. The summed E-state index contributed by atoms with van der Waals surface area (Å²) in [5.74, 6) is 0.318. The average Bonchev–Trinajstić information content (AvgIpc) is 2.35. The van der Waals surface area contributed by atoms with Gasteiger partial charge >= 0.3 is 0 Å². The second-order valence-corrected chi connectivity index (χ2v) is 5.26. The van der Waals surface area contributed by atoms with Crippen molar-refractivity contribution < 1.29 is 0 Å². The zero-order valence-electron chi connectivity index (χ0n) is 11.9. The molecule has 0 radical (unpaired) electrons. The van der Waals surface area contributed by atoms with Crippen LogP contribution in [0.1, 0.15) is 39.7 Å². The summed E-state index contributed by atoms with van der Waals surface area (Å²) in [4.78, 5) is 4.75. The highest BCUT2D eigenvalue weighted by Gasteiger charge is 2.12. The highest BCUT2D eigenvalue weighted by atomic mass is 35.5. The van der Waals surface area contributed by atoms with E-state index < -0.39 is 0 Å². The van der Waals surface area contributed by atoms with Gasteiger partial charge in [-0.1, -0.05) is 56.1 Å². The van der Waals surface area contributed by atoms with E-state index in [0.717, 1.165) is 22.9 Å². The molecule has 0 fully saturated rings. The molecule has 2 heteroatoms. The Labute approximate surface area is 116 Å². The number of hydrogen-bond acceptors (Lipinski definition) is 1. The lowest BCUT2D eigenvalue weighted by atomic mass is 10.0. The van der Waals surface area contributed by atoms with E-state index in [-0.39, 0.29) is 0 Å². The minimum Gasteiger partial charge on any atom is -0.251 e. The van der Waals surface area contributed by atoms with E-state index in [9.17, 15) is 0 Å². The molecule has 0 aliphatic carbocycles. The van der Waals surface area contributed by atoms with Crippen LogP contribution >= 0.6 is 11.6 Å². The summed E-state index contributed by atoms with van der Waals surface area (Å²) >= 11 is 6.44. The fraction of sp³-hybridized carbons (Fsp3) is 0.438. The Balaban J connectivity index is 3.27.